The summed E-state index contributed by atoms with van der Waals surface area (Å²) in [7, 11) is 3.29. The molecule has 1 fully saturated rings. The topological polar surface area (TPSA) is 80.1 Å². The SMILES string of the molecule is CC.COc1cc(C(=O)OC(C)(C)C)ccc1NCC#Cc1nn2c(NC3CCN(C)CC3F)cccc2c1SC(F)(F)F. The van der Waals surface area contributed by atoms with Crippen molar-refractivity contribution in [2.75, 3.05) is 44.4 Å². The number of alkyl halides is 4. The van der Waals surface area contributed by atoms with Crippen LogP contribution >= 0.6 is 11.8 Å². The van der Waals surface area contributed by atoms with Crippen LogP contribution in [0.2, 0.25) is 0 Å². The number of anilines is 2. The van der Waals surface area contributed by atoms with E-state index in [1.165, 1.54) is 23.8 Å². The largest absolute Gasteiger partial charge is 0.495 e. The van der Waals surface area contributed by atoms with Crippen molar-refractivity contribution in [3.8, 4) is 17.6 Å². The highest BCUT2D eigenvalue weighted by Crippen LogP contribution is 2.41. The molecule has 1 saturated heterocycles. The van der Waals surface area contributed by atoms with E-state index in [1.807, 2.05) is 25.8 Å². The molecule has 2 N–H and O–H groups in total. The molecule has 0 bridgehead atoms. The molecule has 3 heterocycles. The molecule has 1 aliphatic heterocycles. The lowest BCUT2D eigenvalue weighted by Gasteiger charge is -2.33. The number of esters is 1. The molecule has 44 heavy (non-hydrogen) atoms. The van der Waals surface area contributed by atoms with Crippen LogP contribution in [0.25, 0.3) is 5.52 Å². The Morgan fingerprint density at radius 2 is 1.91 bits per heavy atom. The van der Waals surface area contributed by atoms with Gasteiger partial charge in [0.25, 0.3) is 0 Å². The van der Waals surface area contributed by atoms with Gasteiger partial charge in [-0.1, -0.05) is 25.8 Å². The molecule has 0 aliphatic carbocycles. The van der Waals surface area contributed by atoms with Crippen molar-refractivity contribution in [2.24, 2.45) is 0 Å². The number of hydrogen-bond acceptors (Lipinski definition) is 8. The summed E-state index contributed by atoms with van der Waals surface area (Å²) in [6, 6.07) is 9.03. The standard InChI is InChI=1S/C29H33F4N5O3S.C2H6/c1-28(2,3)41-27(39)18-11-12-21(24(16-18)40-5)34-14-7-8-22-26(42-29(31,32)33)23-9-6-10-25(38(23)36-22)35-20-13-15-37(4)17-19(20)30;1-2/h6,9-12,16,19-20,34-35H,13-15,17H2,1-5H3;1-2H3. The van der Waals surface area contributed by atoms with Crippen molar-refractivity contribution < 1.29 is 31.8 Å². The second kappa shape index (κ2) is 14.9. The lowest BCUT2D eigenvalue weighted by atomic mass is 10.0. The van der Waals surface area contributed by atoms with E-state index in [1.54, 1.807) is 45.0 Å². The Bertz CT molecular complexity index is 1490. The lowest BCUT2D eigenvalue weighted by molar-refractivity contribution is -0.0328. The number of fused-ring (bicyclic) bond motifs is 1. The number of likely N-dealkylation sites (tertiary alicyclic amines) is 1. The molecule has 240 valence electrons. The molecular weight excluding hydrogens is 598 g/mol. The average molecular weight is 638 g/mol. The second-order valence-corrected chi connectivity index (χ2v) is 11.9. The molecule has 2 unspecified atom stereocenters. The molecule has 13 heteroatoms. The summed E-state index contributed by atoms with van der Waals surface area (Å²) in [6.07, 6.45) is -0.598. The van der Waals surface area contributed by atoms with E-state index in [2.05, 4.69) is 27.6 Å². The number of nitrogens with zero attached hydrogens (tertiary/aromatic N) is 3. The highest BCUT2D eigenvalue weighted by Gasteiger charge is 2.33. The van der Waals surface area contributed by atoms with Crippen LogP contribution in [-0.2, 0) is 4.74 Å². The van der Waals surface area contributed by atoms with Crippen molar-refractivity contribution in [3.63, 3.8) is 0 Å². The number of pyridine rings is 1. The summed E-state index contributed by atoms with van der Waals surface area (Å²) in [5, 5.41) is 10.5. The third-order valence-electron chi connectivity index (χ3n) is 6.32. The van der Waals surface area contributed by atoms with Crippen molar-refractivity contribution in [3.05, 3.63) is 47.7 Å². The number of halogens is 4. The molecular formula is C31H39F4N5O3S. The molecule has 2 aromatic heterocycles. The maximum atomic E-state index is 14.7. The van der Waals surface area contributed by atoms with E-state index in [9.17, 15) is 22.4 Å². The van der Waals surface area contributed by atoms with Gasteiger partial charge in [-0.3, -0.25) is 0 Å². The number of thioether (sulfide) groups is 1. The van der Waals surface area contributed by atoms with E-state index >= 15 is 0 Å². The number of carbonyl (C=O) groups excluding carboxylic acids is 1. The van der Waals surface area contributed by atoms with Crippen LogP contribution in [0.1, 0.15) is 57.1 Å². The zero-order chi connectivity index (χ0) is 32.7. The number of hydrogen-bond donors (Lipinski definition) is 2. The summed E-state index contributed by atoms with van der Waals surface area (Å²) in [5.74, 6) is 5.82. The Kier molecular flexibility index (Phi) is 11.8. The molecule has 0 spiro atoms. The second-order valence-electron chi connectivity index (χ2n) is 10.8. The van der Waals surface area contributed by atoms with Crippen LogP contribution in [0, 0.1) is 11.8 Å². The van der Waals surface area contributed by atoms with Crippen LogP contribution < -0.4 is 15.4 Å². The van der Waals surface area contributed by atoms with E-state index in [0.717, 1.165) is 0 Å². The highest BCUT2D eigenvalue weighted by molar-refractivity contribution is 8.00. The number of carbonyl (C=O) groups is 1. The van der Waals surface area contributed by atoms with Gasteiger partial charge in [0, 0.05) is 13.1 Å². The maximum Gasteiger partial charge on any atom is 0.446 e. The first-order valence-electron chi connectivity index (χ1n) is 14.2. The lowest BCUT2D eigenvalue weighted by Crippen LogP contribution is -2.46. The van der Waals surface area contributed by atoms with Crippen molar-refractivity contribution in [2.45, 2.75) is 69.3 Å². The molecule has 1 aliphatic rings. The number of nitrogens with one attached hydrogen (secondary N) is 2. The van der Waals surface area contributed by atoms with Gasteiger partial charge < -0.3 is 25.0 Å². The summed E-state index contributed by atoms with van der Waals surface area (Å²) in [6.45, 7) is 10.3. The van der Waals surface area contributed by atoms with E-state index in [-0.39, 0.29) is 41.0 Å². The van der Waals surface area contributed by atoms with E-state index in [4.69, 9.17) is 9.47 Å². The number of benzene rings is 1. The Morgan fingerprint density at radius 1 is 1.18 bits per heavy atom. The molecule has 2 atom stereocenters. The van der Waals surface area contributed by atoms with Crippen LogP contribution in [0.15, 0.2) is 41.3 Å². The first-order chi connectivity index (χ1) is 20.7. The Hall–Kier alpha value is -3.63. The predicted molar refractivity (Wildman–Crippen MR) is 166 cm³/mol. The van der Waals surface area contributed by atoms with Gasteiger partial charge in [-0.25, -0.2) is 13.7 Å². The van der Waals surface area contributed by atoms with Crippen LogP contribution in [0.5, 0.6) is 5.75 Å². The molecule has 3 aromatic rings. The van der Waals surface area contributed by atoms with Crippen molar-refractivity contribution in [1.29, 1.82) is 0 Å². The fourth-order valence-corrected chi connectivity index (χ4v) is 5.11. The maximum absolute atomic E-state index is 14.7. The summed E-state index contributed by atoms with van der Waals surface area (Å²) in [5.41, 5.74) is -4.23. The zero-order valence-electron chi connectivity index (χ0n) is 25.9. The third kappa shape index (κ3) is 9.43. The monoisotopic (exact) mass is 637 g/mol. The number of aromatic nitrogens is 2. The average Bonchev–Trinajstić information content (AvgIpc) is 3.29. The fourth-order valence-electron chi connectivity index (χ4n) is 4.43. The minimum atomic E-state index is -4.57. The van der Waals surface area contributed by atoms with Gasteiger partial charge in [0.05, 0.1) is 41.4 Å². The van der Waals surface area contributed by atoms with Gasteiger partial charge in [-0.05, 0) is 82.3 Å². The smallest absolute Gasteiger partial charge is 0.446 e. The minimum absolute atomic E-state index is 0.0520. The molecule has 0 saturated carbocycles. The normalized spacial score (nSPS) is 17.2. The Morgan fingerprint density at radius 3 is 2.55 bits per heavy atom. The van der Waals surface area contributed by atoms with Crippen LogP contribution in [0.4, 0.5) is 29.1 Å². The number of ether oxygens (including phenoxy) is 2. The van der Waals surface area contributed by atoms with Gasteiger partial charge in [-0.2, -0.15) is 18.3 Å². The molecule has 0 amide bonds. The molecule has 4 rings (SSSR count). The molecule has 0 radical (unpaired) electrons. The van der Waals surface area contributed by atoms with E-state index < -0.39 is 29.3 Å². The van der Waals surface area contributed by atoms with Gasteiger partial charge in [0.1, 0.15) is 29.0 Å². The quantitative estimate of drug-likeness (QED) is 0.126. The fraction of sp³-hybridized carbons (Fsp3) is 0.484. The van der Waals surface area contributed by atoms with Crippen LogP contribution in [0.3, 0.4) is 0 Å². The predicted octanol–water partition coefficient (Wildman–Crippen LogP) is 6.85. The Labute approximate surface area is 259 Å². The molecule has 1 aromatic carbocycles. The first-order valence-corrected chi connectivity index (χ1v) is 15.1. The van der Waals surface area contributed by atoms with Gasteiger partial charge in [0.2, 0.25) is 0 Å². The van der Waals surface area contributed by atoms with E-state index in [0.29, 0.717) is 35.8 Å². The molecule has 8 nitrogen and oxygen atoms in total. The van der Waals surface area contributed by atoms with Gasteiger partial charge in [0.15, 0.2) is 0 Å². The number of methoxy groups -OCH3 is 1. The highest BCUT2D eigenvalue weighted by atomic mass is 32.2. The van der Waals surface area contributed by atoms with Crippen molar-refractivity contribution in [1.82, 2.24) is 14.5 Å². The van der Waals surface area contributed by atoms with Crippen molar-refractivity contribution >= 4 is 34.8 Å². The zero-order valence-corrected chi connectivity index (χ0v) is 26.8. The number of rotatable bonds is 7. The summed E-state index contributed by atoms with van der Waals surface area (Å²) < 4.78 is 67.3. The summed E-state index contributed by atoms with van der Waals surface area (Å²) in [4.78, 5) is 14.1. The first kappa shape index (κ1) is 34.9. The summed E-state index contributed by atoms with van der Waals surface area (Å²) >= 11 is -0.291. The van der Waals surface area contributed by atoms with Gasteiger partial charge in [-0.15, -0.1) is 0 Å². The minimum Gasteiger partial charge on any atom is -0.495 e. The van der Waals surface area contributed by atoms with Crippen LogP contribution in [-0.4, -0.2) is 77.6 Å². The third-order valence-corrected chi connectivity index (χ3v) is 7.16. The number of piperidine rings is 1. The van der Waals surface area contributed by atoms with Gasteiger partial charge >= 0.3 is 11.5 Å². The Balaban J connectivity index is 0.00000259.